The van der Waals surface area contributed by atoms with Crippen LogP contribution in [0.4, 0.5) is 18.0 Å². The summed E-state index contributed by atoms with van der Waals surface area (Å²) in [6.45, 7) is -1.83. The number of nitrogens with one attached hydrogen (secondary N) is 1. The molecule has 11 heteroatoms. The Morgan fingerprint density at radius 3 is 2.61 bits per heavy atom. The van der Waals surface area contributed by atoms with Crippen molar-refractivity contribution in [1.29, 1.82) is 0 Å². The number of nitrogens with zero attached hydrogens (tertiary/aromatic N) is 4. The van der Waals surface area contributed by atoms with E-state index >= 15 is 0 Å². The number of hydrogen-bond donors (Lipinski definition) is 1. The third kappa shape index (κ3) is 4.12. The molecule has 0 bridgehead atoms. The molecule has 1 aromatic heterocycles. The molecule has 1 N–H and O–H groups in total. The number of rotatable bonds is 5. The molecule has 154 valence electrons. The van der Waals surface area contributed by atoms with E-state index in [0.717, 1.165) is 33.6 Å². The van der Waals surface area contributed by atoms with Crippen molar-refractivity contribution in [3.8, 4) is 0 Å². The topological polar surface area (TPSA) is 87.5 Å². The van der Waals surface area contributed by atoms with Crippen molar-refractivity contribution in [2.45, 2.75) is 56.9 Å². The largest absolute Gasteiger partial charge is 0.406 e. The van der Waals surface area contributed by atoms with Gasteiger partial charge in [0.05, 0.1) is 6.54 Å². The number of aromatic nitrogens is 2. The molecular weight excluding hydrogens is 379 g/mol. The van der Waals surface area contributed by atoms with Crippen LogP contribution in [-0.2, 0) is 22.7 Å². The Morgan fingerprint density at radius 2 is 1.96 bits per heavy atom. The first-order valence-corrected chi connectivity index (χ1v) is 9.06. The molecule has 0 radical (unpaired) electrons. The van der Waals surface area contributed by atoms with Crippen LogP contribution in [0.1, 0.15) is 37.9 Å². The van der Waals surface area contributed by atoms with E-state index in [1.807, 2.05) is 0 Å². The van der Waals surface area contributed by atoms with Gasteiger partial charge in [-0.1, -0.05) is 19.3 Å². The minimum absolute atomic E-state index is 0.0640. The van der Waals surface area contributed by atoms with Gasteiger partial charge < -0.3 is 14.8 Å². The van der Waals surface area contributed by atoms with E-state index in [4.69, 9.17) is 0 Å². The van der Waals surface area contributed by atoms with Gasteiger partial charge in [-0.2, -0.15) is 13.2 Å². The number of carbonyl (C=O) groups excluding carboxylic acids is 3. The summed E-state index contributed by atoms with van der Waals surface area (Å²) in [5.74, 6) is -0.899. The minimum Gasteiger partial charge on any atom is -0.337 e. The number of likely N-dealkylation sites (N-methyl/N-ethyl adjacent to an activating group) is 1. The van der Waals surface area contributed by atoms with Gasteiger partial charge in [-0.3, -0.25) is 14.5 Å². The average Bonchev–Trinajstić information content (AvgIpc) is 3.12. The van der Waals surface area contributed by atoms with Gasteiger partial charge in [0.2, 0.25) is 5.91 Å². The number of alkyl halides is 3. The molecule has 1 aromatic rings. The predicted octanol–water partition coefficient (Wildman–Crippen LogP) is 1.66. The number of hydrogen-bond acceptors (Lipinski definition) is 4. The number of imidazole rings is 1. The quantitative estimate of drug-likeness (QED) is 0.761. The molecule has 3 rings (SSSR count). The van der Waals surface area contributed by atoms with Crippen LogP contribution in [-0.4, -0.2) is 62.5 Å². The highest BCUT2D eigenvalue weighted by atomic mass is 19.4. The van der Waals surface area contributed by atoms with E-state index in [1.165, 1.54) is 19.4 Å². The average molecular weight is 401 g/mol. The van der Waals surface area contributed by atoms with Gasteiger partial charge in [0, 0.05) is 19.4 Å². The van der Waals surface area contributed by atoms with Crippen LogP contribution in [0.15, 0.2) is 12.4 Å². The first-order valence-electron chi connectivity index (χ1n) is 9.06. The Kier molecular flexibility index (Phi) is 5.35. The zero-order valence-electron chi connectivity index (χ0n) is 15.5. The molecular formula is C17H22F3N5O3. The van der Waals surface area contributed by atoms with Crippen LogP contribution in [0.2, 0.25) is 0 Å². The number of urea groups is 1. The molecule has 1 saturated heterocycles. The zero-order valence-corrected chi connectivity index (χ0v) is 15.5. The third-order valence-corrected chi connectivity index (χ3v) is 5.20. The van der Waals surface area contributed by atoms with E-state index in [9.17, 15) is 27.6 Å². The summed E-state index contributed by atoms with van der Waals surface area (Å²) in [5.41, 5.74) is -0.919. The fourth-order valence-electron chi connectivity index (χ4n) is 3.70. The third-order valence-electron chi connectivity index (χ3n) is 5.20. The molecule has 1 saturated carbocycles. The summed E-state index contributed by atoms with van der Waals surface area (Å²) in [4.78, 5) is 43.3. The maximum atomic E-state index is 12.7. The standard InChI is InChI=1S/C17H22F3N5O3/c1-23(9-12-21-7-8-24(12)11-17(18,19)20)13(26)10-25-14(27)16(22-15(25)28)5-3-2-4-6-16/h7-8H,2-6,9-11H2,1H3,(H,22,28). The lowest BCUT2D eigenvalue weighted by Gasteiger charge is -2.30. The molecule has 1 aliphatic carbocycles. The molecule has 28 heavy (non-hydrogen) atoms. The van der Waals surface area contributed by atoms with Crippen LogP contribution >= 0.6 is 0 Å². The van der Waals surface area contributed by atoms with Crippen molar-refractivity contribution < 1.29 is 27.6 Å². The van der Waals surface area contributed by atoms with Gasteiger partial charge in [-0.15, -0.1) is 0 Å². The lowest BCUT2D eigenvalue weighted by atomic mass is 9.82. The fraction of sp³-hybridized carbons (Fsp3) is 0.647. The Balaban J connectivity index is 1.63. The van der Waals surface area contributed by atoms with Gasteiger partial charge in [0.15, 0.2) is 0 Å². The van der Waals surface area contributed by atoms with Crippen LogP contribution in [0, 0.1) is 0 Å². The maximum absolute atomic E-state index is 12.7. The number of imide groups is 1. The molecule has 2 heterocycles. The normalized spacial score (nSPS) is 19.2. The molecule has 2 aliphatic rings. The molecule has 0 unspecified atom stereocenters. The number of amides is 4. The van der Waals surface area contributed by atoms with Crippen LogP contribution in [0.5, 0.6) is 0 Å². The van der Waals surface area contributed by atoms with E-state index < -0.39 is 42.7 Å². The highest BCUT2D eigenvalue weighted by molar-refractivity contribution is 6.09. The maximum Gasteiger partial charge on any atom is 0.406 e. The summed E-state index contributed by atoms with van der Waals surface area (Å²) >= 11 is 0. The van der Waals surface area contributed by atoms with E-state index in [-0.39, 0.29) is 12.4 Å². The molecule has 1 aliphatic heterocycles. The fourth-order valence-corrected chi connectivity index (χ4v) is 3.70. The summed E-state index contributed by atoms with van der Waals surface area (Å²) < 4.78 is 38.7. The molecule has 4 amide bonds. The molecule has 2 fully saturated rings. The lowest BCUT2D eigenvalue weighted by molar-refractivity contribution is -0.142. The van der Waals surface area contributed by atoms with Crippen molar-refractivity contribution in [2.75, 3.05) is 13.6 Å². The Labute approximate surface area is 159 Å². The van der Waals surface area contributed by atoms with Crippen LogP contribution in [0.25, 0.3) is 0 Å². The van der Waals surface area contributed by atoms with Gasteiger partial charge in [0.1, 0.15) is 24.5 Å². The van der Waals surface area contributed by atoms with Crippen molar-refractivity contribution in [3.05, 3.63) is 18.2 Å². The highest BCUT2D eigenvalue weighted by Crippen LogP contribution is 2.33. The number of carbonyl (C=O) groups is 3. The Morgan fingerprint density at radius 1 is 1.29 bits per heavy atom. The first kappa shape index (κ1) is 20.2. The minimum atomic E-state index is -4.41. The summed E-state index contributed by atoms with van der Waals surface area (Å²) in [6, 6.07) is -0.604. The van der Waals surface area contributed by atoms with Crippen LogP contribution in [0.3, 0.4) is 0 Å². The smallest absolute Gasteiger partial charge is 0.337 e. The first-order chi connectivity index (χ1) is 13.1. The Hall–Kier alpha value is -2.59. The van der Waals surface area contributed by atoms with Gasteiger partial charge in [-0.25, -0.2) is 9.78 Å². The highest BCUT2D eigenvalue weighted by Gasteiger charge is 2.51. The summed E-state index contributed by atoms with van der Waals surface area (Å²) in [7, 11) is 1.39. The van der Waals surface area contributed by atoms with Gasteiger partial charge in [-0.05, 0) is 12.8 Å². The van der Waals surface area contributed by atoms with Crippen molar-refractivity contribution in [2.24, 2.45) is 0 Å². The molecule has 0 atom stereocenters. The van der Waals surface area contributed by atoms with Crippen LogP contribution < -0.4 is 5.32 Å². The van der Waals surface area contributed by atoms with Gasteiger partial charge >= 0.3 is 12.2 Å². The molecule has 8 nitrogen and oxygen atoms in total. The van der Waals surface area contributed by atoms with E-state index in [2.05, 4.69) is 10.3 Å². The van der Waals surface area contributed by atoms with Crippen molar-refractivity contribution in [3.63, 3.8) is 0 Å². The zero-order chi connectivity index (χ0) is 20.5. The summed E-state index contributed by atoms with van der Waals surface area (Å²) in [5, 5.41) is 2.72. The lowest BCUT2D eigenvalue weighted by Crippen LogP contribution is -2.49. The monoisotopic (exact) mass is 401 g/mol. The Bertz CT molecular complexity index is 770. The predicted molar refractivity (Wildman–Crippen MR) is 90.8 cm³/mol. The second-order valence-corrected chi connectivity index (χ2v) is 7.30. The number of halogens is 3. The molecule has 1 spiro atoms. The second-order valence-electron chi connectivity index (χ2n) is 7.30. The molecule has 0 aromatic carbocycles. The SMILES string of the molecule is CN(Cc1nccn1CC(F)(F)F)C(=O)CN1C(=O)NC2(CCCCC2)C1=O. The van der Waals surface area contributed by atoms with Crippen molar-refractivity contribution >= 4 is 17.8 Å². The van der Waals surface area contributed by atoms with Gasteiger partial charge in [0.25, 0.3) is 5.91 Å². The second kappa shape index (κ2) is 7.44. The summed E-state index contributed by atoms with van der Waals surface area (Å²) in [6.07, 6.45) is 1.75. The van der Waals surface area contributed by atoms with E-state index in [0.29, 0.717) is 12.8 Å². The van der Waals surface area contributed by atoms with E-state index in [1.54, 1.807) is 0 Å². The van der Waals surface area contributed by atoms with Crippen molar-refractivity contribution in [1.82, 2.24) is 24.7 Å².